The van der Waals surface area contributed by atoms with Crippen molar-refractivity contribution >= 4 is 17.9 Å². The second-order valence-corrected chi connectivity index (χ2v) is 14.2. The van der Waals surface area contributed by atoms with Crippen molar-refractivity contribution in [3.63, 3.8) is 0 Å². The Bertz CT molecular complexity index is 1390. The summed E-state index contributed by atoms with van der Waals surface area (Å²) in [6.45, 7) is 17.5. The Balaban J connectivity index is 2.30. The van der Waals surface area contributed by atoms with E-state index in [1.54, 1.807) is 0 Å². The third-order valence-corrected chi connectivity index (χ3v) is 8.94. The molecule has 0 aromatic heterocycles. The topological polar surface area (TPSA) is 51.2 Å². The highest BCUT2D eigenvalue weighted by molar-refractivity contribution is 6.17. The summed E-state index contributed by atoms with van der Waals surface area (Å²) in [5, 5.41) is 0. The van der Waals surface area contributed by atoms with Crippen molar-refractivity contribution in [3.8, 4) is 0 Å². The maximum absolute atomic E-state index is 11.9. The first-order valence-corrected chi connectivity index (χ1v) is 18.6. The van der Waals surface area contributed by atoms with Gasteiger partial charge in [-0.05, 0) is 176 Å². The van der Waals surface area contributed by atoms with E-state index in [1.807, 2.05) is 0 Å². The molecule has 1 rings (SSSR count). The molecule has 0 unspecified atom stereocenters. The van der Waals surface area contributed by atoms with Crippen LogP contribution in [0.25, 0.3) is 0 Å². The van der Waals surface area contributed by atoms with Gasteiger partial charge in [0.1, 0.15) is 6.29 Å². The molecule has 0 N–H and O–H groups in total. The van der Waals surface area contributed by atoms with E-state index in [4.69, 9.17) is 0 Å². The Kier molecular flexibility index (Phi) is 23.3. The highest BCUT2D eigenvalue weighted by Crippen LogP contribution is 2.18. The molecule has 0 aromatic rings. The van der Waals surface area contributed by atoms with Crippen LogP contribution in [-0.4, -0.2) is 17.9 Å². The third kappa shape index (κ3) is 23.4. The van der Waals surface area contributed by atoms with Gasteiger partial charge >= 0.3 is 0 Å². The van der Waals surface area contributed by atoms with Crippen molar-refractivity contribution in [1.82, 2.24) is 0 Å². The van der Waals surface area contributed by atoms with E-state index in [1.165, 1.54) is 57.2 Å². The molecule has 0 fully saturated rings. The molecule has 0 spiro atoms. The maximum Gasteiger partial charge on any atom is 0.182 e. The van der Waals surface area contributed by atoms with Gasteiger partial charge in [-0.1, -0.05) is 87.6 Å². The van der Waals surface area contributed by atoms with Crippen LogP contribution in [-0.2, 0) is 14.4 Å². The van der Waals surface area contributed by atoms with Crippen molar-refractivity contribution in [1.29, 1.82) is 0 Å². The molecule has 0 radical (unpaired) electrons. The van der Waals surface area contributed by atoms with E-state index in [0.717, 1.165) is 102 Å². The summed E-state index contributed by atoms with van der Waals surface area (Å²) in [6, 6.07) is 0. The van der Waals surface area contributed by atoms with E-state index in [9.17, 15) is 14.4 Å². The second kappa shape index (κ2) is 26.3. The van der Waals surface area contributed by atoms with Crippen molar-refractivity contribution < 1.29 is 14.4 Å². The van der Waals surface area contributed by atoms with E-state index in [2.05, 4.69) is 104 Å². The summed E-state index contributed by atoms with van der Waals surface area (Å²) in [7, 11) is 0. The van der Waals surface area contributed by atoms with Crippen molar-refractivity contribution in [2.75, 3.05) is 0 Å². The molecule has 1 aliphatic carbocycles. The summed E-state index contributed by atoms with van der Waals surface area (Å²) in [6.07, 6.45) is 38.3. The fourth-order valence-corrected chi connectivity index (χ4v) is 5.56. The van der Waals surface area contributed by atoms with Crippen LogP contribution in [0.1, 0.15) is 152 Å². The van der Waals surface area contributed by atoms with Gasteiger partial charge in [-0.3, -0.25) is 14.4 Å². The standard InChI is InChI=1S/C46H66O3/c1-36(2)16-9-17-37(3)18-10-22-40(6)26-14-28-43(35-47)29-15-27-41(7)23-12-21-38(4)19-11-20-39(5)24-13-25-42(8)30-31-44-34-45(48)32-33-46(44)49/h16,18-19,23-24,26,29-30,32-35H,9-15,17,20-22,25,27-28,31H2,1-8H3/b37-18+,38-19+,39-24+,40-26+,41-23-,42-30+,43-29-. The smallest absolute Gasteiger partial charge is 0.182 e. The molecule has 0 aliphatic heterocycles. The van der Waals surface area contributed by atoms with Gasteiger partial charge in [-0.25, -0.2) is 0 Å². The van der Waals surface area contributed by atoms with Crippen molar-refractivity contribution in [3.05, 3.63) is 117 Å². The zero-order chi connectivity index (χ0) is 36.4. The Morgan fingerprint density at radius 3 is 1.24 bits per heavy atom. The van der Waals surface area contributed by atoms with Gasteiger partial charge in [0.25, 0.3) is 0 Å². The molecule has 0 saturated heterocycles. The molecule has 268 valence electrons. The van der Waals surface area contributed by atoms with Crippen LogP contribution in [0.4, 0.5) is 0 Å². The summed E-state index contributed by atoms with van der Waals surface area (Å²) < 4.78 is 0. The third-order valence-electron chi connectivity index (χ3n) is 8.94. The normalized spacial score (nSPS) is 15.6. The molecule has 0 atom stereocenters. The van der Waals surface area contributed by atoms with Crippen LogP contribution < -0.4 is 0 Å². The van der Waals surface area contributed by atoms with E-state index in [0.29, 0.717) is 12.0 Å². The SMILES string of the molecule is CC(C)=CCC/C(C)=C/CC/C(C)=C/CC/C(C=O)=C/CC/C(C)=C\CC/C(C)=C/CC/C(C)=C/CC/C(C)=C/CC1=CC(=O)C=CC1=O. The average molecular weight is 667 g/mol. The maximum atomic E-state index is 11.9. The number of aldehydes is 1. The van der Waals surface area contributed by atoms with Gasteiger partial charge in [0.15, 0.2) is 11.6 Å². The molecular formula is C46H66O3. The lowest BCUT2D eigenvalue weighted by atomic mass is 9.98. The lowest BCUT2D eigenvalue weighted by molar-refractivity contribution is -0.114. The largest absolute Gasteiger partial charge is 0.298 e. The first-order chi connectivity index (χ1) is 23.4. The monoisotopic (exact) mass is 667 g/mol. The van der Waals surface area contributed by atoms with Gasteiger partial charge in [0, 0.05) is 5.57 Å². The zero-order valence-corrected chi connectivity index (χ0v) is 32.3. The predicted octanol–water partition coefficient (Wildman–Crippen LogP) is 13.2. The van der Waals surface area contributed by atoms with Crippen molar-refractivity contribution in [2.45, 2.75) is 152 Å². The molecule has 0 aromatic carbocycles. The molecule has 3 nitrogen and oxygen atoms in total. The van der Waals surface area contributed by atoms with E-state index < -0.39 is 0 Å². The van der Waals surface area contributed by atoms with Crippen LogP contribution in [0.3, 0.4) is 0 Å². The minimum atomic E-state index is -0.107. The van der Waals surface area contributed by atoms with Crippen LogP contribution >= 0.6 is 0 Å². The Labute approximate surface area is 300 Å². The van der Waals surface area contributed by atoms with Crippen molar-refractivity contribution in [2.24, 2.45) is 0 Å². The fourth-order valence-electron chi connectivity index (χ4n) is 5.56. The Hall–Kier alpha value is -3.59. The number of carbonyl (C=O) groups is 3. The summed E-state index contributed by atoms with van der Waals surface area (Å²) in [5.74, 6) is -0.170. The van der Waals surface area contributed by atoms with Gasteiger partial charge in [-0.15, -0.1) is 0 Å². The molecule has 49 heavy (non-hydrogen) atoms. The molecular weight excluding hydrogens is 601 g/mol. The molecule has 1 aliphatic rings. The molecule has 0 bridgehead atoms. The Morgan fingerprint density at radius 2 is 0.837 bits per heavy atom. The molecule has 0 heterocycles. The number of hydrogen-bond donors (Lipinski definition) is 0. The number of hydrogen-bond acceptors (Lipinski definition) is 3. The van der Waals surface area contributed by atoms with Gasteiger partial charge in [0.05, 0.1) is 0 Å². The number of allylic oxidation sites excluding steroid dienone is 20. The summed E-state index contributed by atoms with van der Waals surface area (Å²) >= 11 is 0. The van der Waals surface area contributed by atoms with Crippen LogP contribution in [0.15, 0.2) is 117 Å². The number of rotatable bonds is 24. The highest BCUT2D eigenvalue weighted by Gasteiger charge is 2.11. The van der Waals surface area contributed by atoms with E-state index in [-0.39, 0.29) is 11.6 Å². The molecule has 0 amide bonds. The molecule has 0 saturated carbocycles. The summed E-state index contributed by atoms with van der Waals surface area (Å²) in [4.78, 5) is 35.0. The lowest BCUT2D eigenvalue weighted by Gasteiger charge is -2.05. The summed E-state index contributed by atoms with van der Waals surface area (Å²) in [5.41, 5.74) is 11.3. The lowest BCUT2D eigenvalue weighted by Crippen LogP contribution is -2.06. The number of carbonyl (C=O) groups excluding carboxylic acids is 3. The quantitative estimate of drug-likeness (QED) is 0.0446. The second-order valence-electron chi connectivity index (χ2n) is 14.2. The van der Waals surface area contributed by atoms with E-state index >= 15 is 0 Å². The minimum Gasteiger partial charge on any atom is -0.298 e. The van der Waals surface area contributed by atoms with Crippen LogP contribution in [0.2, 0.25) is 0 Å². The van der Waals surface area contributed by atoms with Crippen LogP contribution in [0.5, 0.6) is 0 Å². The van der Waals surface area contributed by atoms with Crippen LogP contribution in [0, 0.1) is 0 Å². The first-order valence-electron chi connectivity index (χ1n) is 18.6. The Morgan fingerprint density at radius 1 is 0.469 bits per heavy atom. The zero-order valence-electron chi connectivity index (χ0n) is 32.3. The molecule has 3 heteroatoms. The average Bonchev–Trinajstić information content (AvgIpc) is 3.04. The predicted molar refractivity (Wildman–Crippen MR) is 213 cm³/mol. The first kappa shape index (κ1) is 43.4. The van der Waals surface area contributed by atoms with Gasteiger partial charge in [0.2, 0.25) is 0 Å². The minimum absolute atomic E-state index is 0.0631. The highest BCUT2D eigenvalue weighted by atomic mass is 16.1. The number of ketones is 2. The van der Waals surface area contributed by atoms with Gasteiger partial charge in [-0.2, -0.15) is 0 Å². The van der Waals surface area contributed by atoms with Gasteiger partial charge < -0.3 is 0 Å². The fraction of sp³-hybridized carbons (Fsp3) is 0.500.